The van der Waals surface area contributed by atoms with Gasteiger partial charge in [0.05, 0.1) is 6.61 Å². The molecule has 1 aromatic heterocycles. The second kappa shape index (κ2) is 8.91. The molecule has 0 radical (unpaired) electrons. The van der Waals surface area contributed by atoms with Crippen molar-refractivity contribution in [3.05, 3.63) is 64.8 Å². The van der Waals surface area contributed by atoms with Crippen LogP contribution in [-0.2, 0) is 4.79 Å². The van der Waals surface area contributed by atoms with E-state index in [1.165, 1.54) is 5.69 Å². The molecule has 0 saturated carbocycles. The molecule has 0 bridgehead atoms. The van der Waals surface area contributed by atoms with Crippen molar-refractivity contribution in [1.29, 1.82) is 0 Å². The van der Waals surface area contributed by atoms with Crippen LogP contribution in [0.4, 0.5) is 0 Å². The molecule has 1 aliphatic heterocycles. The third-order valence-electron chi connectivity index (χ3n) is 5.78. The van der Waals surface area contributed by atoms with Crippen LogP contribution in [0.3, 0.4) is 0 Å². The topological polar surface area (TPSA) is 45.3 Å². The highest BCUT2D eigenvalue weighted by Crippen LogP contribution is 2.31. The molecular formula is C24H27ClN2O2. The van der Waals surface area contributed by atoms with Crippen LogP contribution < -0.4 is 4.74 Å². The summed E-state index contributed by atoms with van der Waals surface area (Å²) in [6.45, 7) is 4.24. The average Bonchev–Trinajstić information content (AvgIpc) is 3.15. The summed E-state index contributed by atoms with van der Waals surface area (Å²) in [5.74, 6) is 1.61. The second-order valence-corrected chi connectivity index (χ2v) is 8.27. The fourth-order valence-electron chi connectivity index (χ4n) is 4.07. The molecular weight excluding hydrogens is 384 g/mol. The maximum Gasteiger partial charge on any atom is 0.222 e. The summed E-state index contributed by atoms with van der Waals surface area (Å²) in [4.78, 5) is 18.1. The maximum absolute atomic E-state index is 12.5. The van der Waals surface area contributed by atoms with Crippen molar-refractivity contribution in [2.75, 3.05) is 19.7 Å². The molecule has 1 saturated heterocycles. The van der Waals surface area contributed by atoms with Gasteiger partial charge in [-0.05, 0) is 62.1 Å². The number of aromatic nitrogens is 1. The number of H-pyrrole nitrogens is 1. The van der Waals surface area contributed by atoms with Crippen molar-refractivity contribution in [2.45, 2.75) is 38.5 Å². The first kappa shape index (κ1) is 19.8. The minimum Gasteiger partial charge on any atom is -0.493 e. The van der Waals surface area contributed by atoms with E-state index in [9.17, 15) is 4.79 Å². The lowest BCUT2D eigenvalue weighted by molar-refractivity contribution is -0.132. The van der Waals surface area contributed by atoms with Gasteiger partial charge in [0.1, 0.15) is 5.75 Å². The molecule has 1 N–H and O–H groups in total. The molecule has 29 heavy (non-hydrogen) atoms. The predicted octanol–water partition coefficient (Wildman–Crippen LogP) is 5.69. The van der Waals surface area contributed by atoms with Gasteiger partial charge < -0.3 is 14.6 Å². The van der Waals surface area contributed by atoms with Gasteiger partial charge in [-0.15, -0.1) is 0 Å². The van der Waals surface area contributed by atoms with E-state index in [4.69, 9.17) is 16.3 Å². The summed E-state index contributed by atoms with van der Waals surface area (Å²) in [6.07, 6.45) is 3.27. The summed E-state index contributed by atoms with van der Waals surface area (Å²) < 4.78 is 5.80. The van der Waals surface area contributed by atoms with Gasteiger partial charge in [0, 0.05) is 47.0 Å². The van der Waals surface area contributed by atoms with Gasteiger partial charge in [-0.25, -0.2) is 0 Å². The predicted molar refractivity (Wildman–Crippen MR) is 118 cm³/mol. The second-order valence-electron chi connectivity index (χ2n) is 7.83. The number of ether oxygens (including phenoxy) is 1. The largest absolute Gasteiger partial charge is 0.493 e. The van der Waals surface area contributed by atoms with Crippen LogP contribution in [0.1, 0.15) is 42.9 Å². The summed E-state index contributed by atoms with van der Waals surface area (Å²) in [7, 11) is 0. The van der Waals surface area contributed by atoms with Gasteiger partial charge in [-0.2, -0.15) is 0 Å². The Morgan fingerprint density at radius 2 is 1.97 bits per heavy atom. The fraction of sp³-hybridized carbons (Fsp3) is 0.375. The highest BCUT2D eigenvalue weighted by atomic mass is 35.5. The van der Waals surface area contributed by atoms with E-state index in [0.717, 1.165) is 59.6 Å². The Morgan fingerprint density at radius 3 is 2.76 bits per heavy atom. The van der Waals surface area contributed by atoms with Crippen molar-refractivity contribution < 1.29 is 9.53 Å². The summed E-state index contributed by atoms with van der Waals surface area (Å²) >= 11 is 6.10. The maximum atomic E-state index is 12.5. The highest BCUT2D eigenvalue weighted by Gasteiger charge is 2.24. The van der Waals surface area contributed by atoms with Crippen LogP contribution in [0.5, 0.6) is 5.75 Å². The number of amides is 1. The summed E-state index contributed by atoms with van der Waals surface area (Å²) in [5, 5.41) is 1.91. The van der Waals surface area contributed by atoms with Crippen molar-refractivity contribution in [3.63, 3.8) is 0 Å². The number of aromatic amines is 1. The van der Waals surface area contributed by atoms with Crippen molar-refractivity contribution in [3.8, 4) is 5.75 Å². The van der Waals surface area contributed by atoms with E-state index in [-0.39, 0.29) is 5.91 Å². The van der Waals surface area contributed by atoms with Gasteiger partial charge in [-0.3, -0.25) is 4.79 Å². The third kappa shape index (κ3) is 4.76. The van der Waals surface area contributed by atoms with Gasteiger partial charge in [-0.1, -0.05) is 29.8 Å². The van der Waals surface area contributed by atoms with E-state index in [1.54, 1.807) is 0 Å². The van der Waals surface area contributed by atoms with Crippen LogP contribution >= 0.6 is 11.6 Å². The van der Waals surface area contributed by atoms with E-state index < -0.39 is 0 Å². The zero-order valence-electron chi connectivity index (χ0n) is 16.8. The van der Waals surface area contributed by atoms with Gasteiger partial charge in [0.15, 0.2) is 0 Å². The first-order valence-electron chi connectivity index (χ1n) is 10.3. The van der Waals surface area contributed by atoms with Crippen molar-refractivity contribution >= 4 is 28.4 Å². The number of halogens is 1. The van der Waals surface area contributed by atoms with Crippen molar-refractivity contribution in [2.24, 2.45) is 0 Å². The first-order chi connectivity index (χ1) is 14.1. The number of hydrogen-bond acceptors (Lipinski definition) is 2. The number of benzene rings is 2. The molecule has 4 rings (SSSR count). The Labute approximate surface area is 176 Å². The molecule has 1 aliphatic rings. The lowest BCUT2D eigenvalue weighted by atomic mass is 9.93. The summed E-state index contributed by atoms with van der Waals surface area (Å²) in [6, 6.07) is 16.1. The highest BCUT2D eigenvalue weighted by molar-refractivity contribution is 6.31. The van der Waals surface area contributed by atoms with Crippen LogP contribution in [0.2, 0.25) is 5.02 Å². The molecule has 0 unspecified atom stereocenters. The first-order valence-corrected chi connectivity index (χ1v) is 10.7. The minimum absolute atomic E-state index is 0.236. The van der Waals surface area contributed by atoms with Crippen LogP contribution in [0, 0.1) is 6.92 Å². The number of fused-ring (bicyclic) bond motifs is 1. The molecule has 4 nitrogen and oxygen atoms in total. The Morgan fingerprint density at radius 1 is 1.17 bits per heavy atom. The number of piperidine rings is 1. The monoisotopic (exact) mass is 410 g/mol. The number of carbonyl (C=O) groups excluding carboxylic acids is 1. The van der Waals surface area contributed by atoms with E-state index in [1.807, 2.05) is 54.3 Å². The molecule has 1 amide bonds. The van der Waals surface area contributed by atoms with Crippen LogP contribution in [0.25, 0.3) is 10.9 Å². The lowest BCUT2D eigenvalue weighted by Gasteiger charge is -2.31. The molecule has 0 atom stereocenters. The van der Waals surface area contributed by atoms with E-state index >= 15 is 0 Å². The van der Waals surface area contributed by atoms with Crippen LogP contribution in [0.15, 0.2) is 48.5 Å². The number of carbonyl (C=O) groups is 1. The Kier molecular flexibility index (Phi) is 6.10. The van der Waals surface area contributed by atoms with E-state index in [2.05, 4.69) is 11.1 Å². The third-order valence-corrected chi connectivity index (χ3v) is 6.01. The number of aryl methyl sites for hydroxylation is 1. The zero-order valence-corrected chi connectivity index (χ0v) is 17.5. The Hall–Kier alpha value is -2.46. The Balaban J connectivity index is 1.23. The molecule has 152 valence electrons. The molecule has 0 spiro atoms. The quantitative estimate of drug-likeness (QED) is 0.530. The number of hydrogen-bond donors (Lipinski definition) is 1. The number of nitrogens with one attached hydrogen (secondary N) is 1. The smallest absolute Gasteiger partial charge is 0.222 e. The summed E-state index contributed by atoms with van der Waals surface area (Å²) in [5.41, 5.74) is 3.50. The minimum atomic E-state index is 0.236. The number of nitrogens with zero attached hydrogens (tertiary/aromatic N) is 1. The average molecular weight is 411 g/mol. The molecule has 5 heteroatoms. The van der Waals surface area contributed by atoms with Crippen molar-refractivity contribution in [1.82, 2.24) is 9.88 Å². The normalized spacial score (nSPS) is 15.0. The number of rotatable bonds is 6. The molecule has 2 heterocycles. The standard InChI is InChI=1S/C24H27ClN2O2/c1-17-5-2-3-6-23(17)29-14-4-7-24(28)27-12-10-18(11-13-27)22-16-19-15-20(25)8-9-21(19)26-22/h2-3,5-6,8-9,15-16,18,26H,4,7,10-14H2,1H3. The van der Waals surface area contributed by atoms with Crippen LogP contribution in [-0.4, -0.2) is 35.5 Å². The molecule has 2 aromatic carbocycles. The van der Waals surface area contributed by atoms with Gasteiger partial charge >= 0.3 is 0 Å². The number of likely N-dealkylation sites (tertiary alicyclic amines) is 1. The van der Waals surface area contributed by atoms with Gasteiger partial charge in [0.25, 0.3) is 0 Å². The van der Waals surface area contributed by atoms with Gasteiger partial charge in [0.2, 0.25) is 5.91 Å². The number of para-hydroxylation sites is 1. The Bertz CT molecular complexity index is 989. The van der Waals surface area contributed by atoms with E-state index in [0.29, 0.717) is 18.9 Å². The molecule has 1 fully saturated rings. The molecule has 0 aliphatic carbocycles. The lowest BCUT2D eigenvalue weighted by Crippen LogP contribution is -2.38. The molecule has 3 aromatic rings. The SMILES string of the molecule is Cc1ccccc1OCCCC(=O)N1CCC(c2cc3cc(Cl)ccc3[nH]2)CC1. The zero-order chi connectivity index (χ0) is 20.2. The fourth-order valence-corrected chi connectivity index (χ4v) is 4.25.